The zero-order valence-electron chi connectivity index (χ0n) is 10.1. The molecule has 6 heteroatoms. The predicted molar refractivity (Wildman–Crippen MR) is 54.5 cm³/mol. The SMILES string of the molecule is CCCCCCNCCS(=O)(=O)O.[H-].[Na+]. The molecule has 0 rings (SSSR count). The molecule has 0 saturated heterocycles. The molecule has 0 spiro atoms. The fourth-order valence-corrected chi connectivity index (χ4v) is 1.41. The molecule has 2 N–H and O–H groups in total. The van der Waals surface area contributed by atoms with Gasteiger partial charge in [0.2, 0.25) is 0 Å². The molecule has 0 aromatic heterocycles. The van der Waals surface area contributed by atoms with Crippen LogP contribution in [0.3, 0.4) is 0 Å². The Labute approximate surface area is 110 Å². The summed E-state index contributed by atoms with van der Waals surface area (Å²) in [7, 11) is -3.78. The first-order valence-electron chi connectivity index (χ1n) is 4.72. The first-order valence-corrected chi connectivity index (χ1v) is 6.33. The van der Waals surface area contributed by atoms with Crippen LogP contribution in [-0.2, 0) is 10.1 Å². The molecule has 82 valence electrons. The van der Waals surface area contributed by atoms with E-state index in [9.17, 15) is 8.42 Å². The fourth-order valence-electron chi connectivity index (χ4n) is 1.00. The van der Waals surface area contributed by atoms with E-state index in [-0.39, 0.29) is 36.7 Å². The normalized spacial score (nSPS) is 11.0. The zero-order chi connectivity index (χ0) is 10.2. The van der Waals surface area contributed by atoms with Gasteiger partial charge in [0, 0.05) is 6.54 Å². The Morgan fingerprint density at radius 1 is 1.21 bits per heavy atom. The average molecular weight is 233 g/mol. The molecule has 0 unspecified atom stereocenters. The molecular weight excluding hydrogens is 213 g/mol. The first-order chi connectivity index (χ1) is 6.06. The van der Waals surface area contributed by atoms with Crippen LogP contribution in [0.25, 0.3) is 0 Å². The molecule has 4 nitrogen and oxygen atoms in total. The fraction of sp³-hybridized carbons (Fsp3) is 1.00. The average Bonchev–Trinajstić information content (AvgIpc) is 2.01. The van der Waals surface area contributed by atoms with Crippen molar-refractivity contribution in [1.29, 1.82) is 0 Å². The van der Waals surface area contributed by atoms with Crippen molar-refractivity contribution in [3.8, 4) is 0 Å². The van der Waals surface area contributed by atoms with E-state index in [1.54, 1.807) is 0 Å². The molecule has 0 radical (unpaired) electrons. The third-order valence-corrected chi connectivity index (χ3v) is 2.46. The molecule has 0 aliphatic carbocycles. The summed E-state index contributed by atoms with van der Waals surface area (Å²) in [5, 5.41) is 2.96. The standard InChI is InChI=1S/C8H19NO3S.Na.H/c1-2-3-4-5-6-9-7-8-13(10,11)12;;/h9H,2-8H2,1H3,(H,10,11,12);;/q;+1;-1. The van der Waals surface area contributed by atoms with E-state index in [2.05, 4.69) is 12.2 Å². The quantitative estimate of drug-likeness (QED) is 0.294. The van der Waals surface area contributed by atoms with Gasteiger partial charge >= 0.3 is 29.6 Å². The van der Waals surface area contributed by atoms with Crippen LogP contribution in [0, 0.1) is 0 Å². The van der Waals surface area contributed by atoms with Crippen molar-refractivity contribution in [2.45, 2.75) is 32.6 Å². The Kier molecular flexibility index (Phi) is 12.8. The number of nitrogens with one attached hydrogen (secondary N) is 1. The van der Waals surface area contributed by atoms with Crippen molar-refractivity contribution in [3.63, 3.8) is 0 Å². The third-order valence-electron chi connectivity index (χ3n) is 1.74. The molecular formula is C8H20NNaO3S. The Morgan fingerprint density at radius 2 is 1.86 bits per heavy atom. The maximum Gasteiger partial charge on any atom is 1.00 e. The van der Waals surface area contributed by atoms with Gasteiger partial charge in [0.15, 0.2) is 0 Å². The molecule has 0 bridgehead atoms. The number of unbranched alkanes of at least 4 members (excludes halogenated alkanes) is 3. The second-order valence-corrected chi connectivity index (χ2v) is 4.67. The van der Waals surface area contributed by atoms with E-state index >= 15 is 0 Å². The van der Waals surface area contributed by atoms with Gasteiger partial charge in [-0.1, -0.05) is 26.2 Å². The van der Waals surface area contributed by atoms with Crippen molar-refractivity contribution in [3.05, 3.63) is 0 Å². The number of hydrogen-bond acceptors (Lipinski definition) is 3. The minimum atomic E-state index is -3.78. The molecule has 0 amide bonds. The van der Waals surface area contributed by atoms with Gasteiger partial charge in [-0.3, -0.25) is 4.55 Å². The topological polar surface area (TPSA) is 66.4 Å². The Bertz CT molecular complexity index is 212. The van der Waals surface area contributed by atoms with Gasteiger partial charge in [-0.25, -0.2) is 0 Å². The second kappa shape index (κ2) is 10.4. The maximum absolute atomic E-state index is 10.3. The van der Waals surface area contributed by atoms with Crippen molar-refractivity contribution in [2.75, 3.05) is 18.8 Å². The summed E-state index contributed by atoms with van der Waals surface area (Å²) in [5.41, 5.74) is 0. The molecule has 14 heavy (non-hydrogen) atoms. The predicted octanol–water partition coefficient (Wildman–Crippen LogP) is -1.84. The number of hydrogen-bond donors (Lipinski definition) is 2. The van der Waals surface area contributed by atoms with Crippen molar-refractivity contribution in [1.82, 2.24) is 5.32 Å². The molecule has 0 aliphatic rings. The Morgan fingerprint density at radius 3 is 2.36 bits per heavy atom. The van der Waals surface area contributed by atoms with E-state index in [4.69, 9.17) is 4.55 Å². The summed E-state index contributed by atoms with van der Waals surface area (Å²) in [6.45, 7) is 3.31. The van der Waals surface area contributed by atoms with Crippen LogP contribution in [-0.4, -0.2) is 31.8 Å². The van der Waals surface area contributed by atoms with Crippen LogP contribution >= 0.6 is 0 Å². The summed E-state index contributed by atoms with van der Waals surface area (Å²) >= 11 is 0. The minimum absolute atomic E-state index is 0. The Balaban J connectivity index is -0.000000720. The van der Waals surface area contributed by atoms with Crippen LogP contribution in [0.5, 0.6) is 0 Å². The molecule has 0 heterocycles. The first kappa shape index (κ1) is 17.3. The smallest absolute Gasteiger partial charge is 1.00 e. The maximum atomic E-state index is 10.3. The Hall–Kier alpha value is 0.870. The van der Waals surface area contributed by atoms with Gasteiger partial charge in [0.1, 0.15) is 0 Å². The van der Waals surface area contributed by atoms with Crippen LogP contribution < -0.4 is 34.9 Å². The van der Waals surface area contributed by atoms with Crippen molar-refractivity contribution >= 4 is 10.1 Å². The zero-order valence-corrected chi connectivity index (χ0v) is 11.9. The molecule has 0 aromatic carbocycles. The van der Waals surface area contributed by atoms with E-state index in [0.717, 1.165) is 13.0 Å². The van der Waals surface area contributed by atoms with Crippen molar-refractivity contribution in [2.24, 2.45) is 0 Å². The summed E-state index contributed by atoms with van der Waals surface area (Å²) in [5.74, 6) is -0.194. The van der Waals surface area contributed by atoms with Gasteiger partial charge < -0.3 is 6.74 Å². The van der Waals surface area contributed by atoms with Crippen LogP contribution in [0.4, 0.5) is 0 Å². The van der Waals surface area contributed by atoms with E-state index in [1.807, 2.05) is 0 Å². The summed E-state index contributed by atoms with van der Waals surface area (Å²) in [4.78, 5) is 0. The molecule has 0 saturated carbocycles. The molecule has 0 fully saturated rings. The van der Waals surface area contributed by atoms with Crippen LogP contribution in [0.1, 0.15) is 34.0 Å². The van der Waals surface area contributed by atoms with Crippen LogP contribution in [0.2, 0.25) is 0 Å². The van der Waals surface area contributed by atoms with Gasteiger partial charge in [-0.2, -0.15) is 8.42 Å². The molecule has 0 aromatic rings. The molecule has 0 atom stereocenters. The van der Waals surface area contributed by atoms with Crippen molar-refractivity contribution < 1.29 is 44.0 Å². The van der Waals surface area contributed by atoms with E-state index < -0.39 is 10.1 Å². The summed E-state index contributed by atoms with van der Waals surface area (Å²) in [6, 6.07) is 0. The summed E-state index contributed by atoms with van der Waals surface area (Å²) in [6.07, 6.45) is 4.67. The second-order valence-electron chi connectivity index (χ2n) is 3.10. The third kappa shape index (κ3) is 15.3. The molecule has 0 aliphatic heterocycles. The van der Waals surface area contributed by atoms with Gasteiger partial charge in [-0.15, -0.1) is 0 Å². The van der Waals surface area contributed by atoms with E-state index in [0.29, 0.717) is 6.54 Å². The largest absolute Gasteiger partial charge is 1.00 e. The minimum Gasteiger partial charge on any atom is -1.00 e. The van der Waals surface area contributed by atoms with E-state index in [1.165, 1.54) is 19.3 Å². The number of rotatable bonds is 8. The monoisotopic (exact) mass is 233 g/mol. The van der Waals surface area contributed by atoms with Gasteiger partial charge in [0.05, 0.1) is 5.75 Å². The summed E-state index contributed by atoms with van der Waals surface area (Å²) < 4.78 is 29.0. The van der Waals surface area contributed by atoms with Gasteiger partial charge in [-0.05, 0) is 13.0 Å². The van der Waals surface area contributed by atoms with Gasteiger partial charge in [0.25, 0.3) is 10.1 Å². The van der Waals surface area contributed by atoms with Crippen LogP contribution in [0.15, 0.2) is 0 Å².